The van der Waals surface area contributed by atoms with Crippen LogP contribution in [0.25, 0.3) is 0 Å². The Bertz CT molecular complexity index is 637. The molecule has 1 aromatic carbocycles. The predicted molar refractivity (Wildman–Crippen MR) is 97.5 cm³/mol. The molecule has 0 aromatic heterocycles. The number of hydrogen-bond donors (Lipinski definition) is 4. The van der Waals surface area contributed by atoms with Gasteiger partial charge in [-0.05, 0) is 10.0 Å². The van der Waals surface area contributed by atoms with Gasteiger partial charge < -0.3 is 25.6 Å². The Kier molecular flexibility index (Phi) is 9.38. The highest BCUT2D eigenvalue weighted by atomic mass is 79.9. The minimum Gasteiger partial charge on any atom is -0.480 e. The average Bonchev–Trinajstić information content (AvgIpc) is 2.58. The summed E-state index contributed by atoms with van der Waals surface area (Å²) in [6.07, 6.45) is -2.26. The zero-order valence-corrected chi connectivity index (χ0v) is 15.6. The van der Waals surface area contributed by atoms with E-state index in [9.17, 15) is 19.5 Å². The molecule has 9 heteroatoms. The largest absolute Gasteiger partial charge is 0.480 e. The Balaban J connectivity index is 2.30. The Morgan fingerprint density at radius 3 is 2.42 bits per heavy atom. The van der Waals surface area contributed by atoms with Gasteiger partial charge in [-0.1, -0.05) is 52.8 Å². The molecule has 0 unspecified atom stereocenters. The number of carboxylic acids is 1. The lowest BCUT2D eigenvalue weighted by Gasteiger charge is -2.16. The van der Waals surface area contributed by atoms with Crippen molar-refractivity contribution in [1.29, 1.82) is 0 Å². The van der Waals surface area contributed by atoms with E-state index in [2.05, 4.69) is 33.1 Å². The maximum absolute atomic E-state index is 11.8. The molecule has 0 spiro atoms. The summed E-state index contributed by atoms with van der Waals surface area (Å²) in [6.45, 7) is 3.40. The average molecular weight is 429 g/mol. The van der Waals surface area contributed by atoms with E-state index >= 15 is 0 Å². The maximum Gasteiger partial charge on any atom is 0.407 e. The van der Waals surface area contributed by atoms with Crippen molar-refractivity contribution in [3.05, 3.63) is 47.0 Å². The Morgan fingerprint density at radius 1 is 1.19 bits per heavy atom. The first kappa shape index (κ1) is 21.7. The molecule has 1 rings (SSSR count). The molecule has 0 saturated heterocycles. The molecular formula is C17H21BrN2O6. The number of halogens is 1. The number of carboxylic acid groups (broad SMARTS) is 1. The summed E-state index contributed by atoms with van der Waals surface area (Å²) in [7, 11) is 0. The van der Waals surface area contributed by atoms with E-state index in [-0.39, 0.29) is 26.0 Å². The van der Waals surface area contributed by atoms with Crippen LogP contribution in [0.4, 0.5) is 4.79 Å². The Labute approximate surface area is 159 Å². The highest BCUT2D eigenvalue weighted by Gasteiger charge is 2.22. The first-order valence-corrected chi connectivity index (χ1v) is 8.55. The SMILES string of the molecule is C=C(Br)C[C@H](NC(=O)C[C@@H](O)CNC(=O)OCc1ccccc1)C(=O)O. The van der Waals surface area contributed by atoms with Crippen LogP contribution < -0.4 is 10.6 Å². The van der Waals surface area contributed by atoms with Crippen LogP contribution in [-0.4, -0.2) is 46.9 Å². The molecule has 0 saturated carbocycles. The molecule has 2 amide bonds. The summed E-state index contributed by atoms with van der Waals surface area (Å²) in [5.41, 5.74) is 0.815. The Hall–Kier alpha value is -2.39. The fourth-order valence-electron chi connectivity index (χ4n) is 1.94. The van der Waals surface area contributed by atoms with Gasteiger partial charge in [0.05, 0.1) is 12.5 Å². The first-order chi connectivity index (χ1) is 12.3. The van der Waals surface area contributed by atoms with Crippen molar-refractivity contribution < 1.29 is 29.3 Å². The number of alkyl carbamates (subject to hydrolysis) is 1. The van der Waals surface area contributed by atoms with Crippen LogP contribution in [0, 0.1) is 0 Å². The lowest BCUT2D eigenvalue weighted by molar-refractivity contribution is -0.142. The van der Waals surface area contributed by atoms with Crippen molar-refractivity contribution in [2.75, 3.05) is 6.54 Å². The Morgan fingerprint density at radius 2 is 1.85 bits per heavy atom. The number of carbonyl (C=O) groups excluding carboxylic acids is 2. The highest BCUT2D eigenvalue weighted by molar-refractivity contribution is 9.11. The molecule has 0 aliphatic rings. The molecule has 8 nitrogen and oxygen atoms in total. The summed E-state index contributed by atoms with van der Waals surface area (Å²) in [6, 6.07) is 7.92. The van der Waals surface area contributed by atoms with Gasteiger partial charge in [-0.2, -0.15) is 0 Å². The zero-order chi connectivity index (χ0) is 19.5. The van der Waals surface area contributed by atoms with Gasteiger partial charge in [0.2, 0.25) is 5.91 Å². The van der Waals surface area contributed by atoms with E-state index in [4.69, 9.17) is 9.84 Å². The molecule has 2 atom stereocenters. The topological polar surface area (TPSA) is 125 Å². The van der Waals surface area contributed by atoms with Crippen LogP contribution in [0.2, 0.25) is 0 Å². The second-order valence-corrected chi connectivity index (χ2v) is 6.60. The molecule has 1 aromatic rings. The summed E-state index contributed by atoms with van der Waals surface area (Å²) in [5.74, 6) is -1.87. The molecule has 142 valence electrons. The van der Waals surface area contributed by atoms with Crippen LogP contribution in [-0.2, 0) is 20.9 Å². The maximum atomic E-state index is 11.8. The van der Waals surface area contributed by atoms with Gasteiger partial charge in [0.25, 0.3) is 0 Å². The van der Waals surface area contributed by atoms with Crippen LogP contribution in [0.1, 0.15) is 18.4 Å². The predicted octanol–water partition coefficient (Wildman–Crippen LogP) is 1.53. The highest BCUT2D eigenvalue weighted by Crippen LogP contribution is 2.10. The van der Waals surface area contributed by atoms with Crippen LogP contribution >= 0.6 is 15.9 Å². The minimum atomic E-state index is -1.21. The third kappa shape index (κ3) is 9.19. The second kappa shape index (κ2) is 11.3. The van der Waals surface area contributed by atoms with Gasteiger partial charge in [-0.3, -0.25) is 4.79 Å². The van der Waals surface area contributed by atoms with E-state index in [1.54, 1.807) is 12.1 Å². The van der Waals surface area contributed by atoms with Gasteiger partial charge >= 0.3 is 12.1 Å². The number of ether oxygens (including phenoxy) is 1. The van der Waals surface area contributed by atoms with Gasteiger partial charge in [0, 0.05) is 13.0 Å². The smallest absolute Gasteiger partial charge is 0.407 e. The summed E-state index contributed by atoms with van der Waals surface area (Å²) < 4.78 is 5.39. The van der Waals surface area contributed by atoms with Crippen molar-refractivity contribution in [3.8, 4) is 0 Å². The van der Waals surface area contributed by atoms with Crippen LogP contribution in [0.5, 0.6) is 0 Å². The number of amides is 2. The van der Waals surface area contributed by atoms with Crippen molar-refractivity contribution in [3.63, 3.8) is 0 Å². The van der Waals surface area contributed by atoms with Crippen molar-refractivity contribution in [1.82, 2.24) is 10.6 Å². The lowest BCUT2D eigenvalue weighted by Crippen LogP contribution is -2.43. The monoisotopic (exact) mass is 428 g/mol. The fourth-order valence-corrected chi connectivity index (χ4v) is 2.26. The number of benzene rings is 1. The molecule has 0 aliphatic carbocycles. The molecule has 0 heterocycles. The summed E-state index contributed by atoms with van der Waals surface area (Å²) in [4.78, 5) is 34.4. The quantitative estimate of drug-likeness (QED) is 0.447. The molecule has 0 radical (unpaired) electrons. The van der Waals surface area contributed by atoms with Crippen LogP contribution in [0.3, 0.4) is 0 Å². The fraction of sp³-hybridized carbons (Fsp3) is 0.353. The van der Waals surface area contributed by atoms with Gasteiger partial charge in [-0.15, -0.1) is 0 Å². The molecule has 0 bridgehead atoms. The number of carbonyl (C=O) groups is 3. The van der Waals surface area contributed by atoms with E-state index in [0.29, 0.717) is 4.48 Å². The standard InChI is InChI=1S/C17H21BrN2O6/c1-11(18)7-14(16(23)24)20-15(22)8-13(21)9-19-17(25)26-10-12-5-3-2-4-6-12/h2-6,13-14,21H,1,7-10H2,(H,19,25)(H,20,22)(H,23,24)/t13-,14+/m1/s1. The van der Waals surface area contributed by atoms with Gasteiger partial charge in [0.15, 0.2) is 0 Å². The van der Waals surface area contributed by atoms with E-state index in [0.717, 1.165) is 5.56 Å². The molecule has 0 fully saturated rings. The minimum absolute atomic E-state index is 0.0151. The second-order valence-electron chi connectivity index (χ2n) is 5.48. The third-order valence-electron chi connectivity index (χ3n) is 3.17. The van der Waals surface area contributed by atoms with Crippen molar-refractivity contribution in [2.45, 2.75) is 31.6 Å². The third-order valence-corrected chi connectivity index (χ3v) is 3.50. The van der Waals surface area contributed by atoms with E-state index in [1.165, 1.54) is 0 Å². The van der Waals surface area contributed by atoms with Gasteiger partial charge in [-0.25, -0.2) is 9.59 Å². The van der Waals surface area contributed by atoms with Crippen LogP contribution in [0.15, 0.2) is 41.4 Å². The van der Waals surface area contributed by atoms with E-state index in [1.807, 2.05) is 18.2 Å². The lowest BCUT2D eigenvalue weighted by atomic mass is 10.2. The first-order valence-electron chi connectivity index (χ1n) is 7.76. The number of nitrogens with one attached hydrogen (secondary N) is 2. The van der Waals surface area contributed by atoms with Crippen molar-refractivity contribution >= 4 is 33.9 Å². The van der Waals surface area contributed by atoms with Crippen molar-refractivity contribution in [2.24, 2.45) is 0 Å². The summed E-state index contributed by atoms with van der Waals surface area (Å²) in [5, 5.41) is 23.4. The molecule has 0 aliphatic heterocycles. The number of aliphatic hydroxyl groups excluding tert-OH is 1. The molecule has 4 N–H and O–H groups in total. The number of aliphatic hydroxyl groups is 1. The number of rotatable bonds is 10. The molecular weight excluding hydrogens is 408 g/mol. The summed E-state index contributed by atoms with van der Waals surface area (Å²) >= 11 is 3.04. The number of hydrogen-bond acceptors (Lipinski definition) is 5. The molecule has 26 heavy (non-hydrogen) atoms. The van der Waals surface area contributed by atoms with Gasteiger partial charge in [0.1, 0.15) is 12.6 Å². The zero-order valence-electron chi connectivity index (χ0n) is 14.0. The van der Waals surface area contributed by atoms with E-state index < -0.39 is 30.1 Å². The number of aliphatic carboxylic acids is 1. The normalized spacial score (nSPS) is 12.5.